The number of para-hydroxylation sites is 1. The van der Waals surface area contributed by atoms with E-state index in [-0.39, 0.29) is 10.6 Å². The van der Waals surface area contributed by atoms with Crippen LogP contribution in [0.2, 0.25) is 0 Å². The van der Waals surface area contributed by atoms with Crippen LogP contribution in [-0.2, 0) is 0 Å². The average molecular weight is 323 g/mol. The summed E-state index contributed by atoms with van der Waals surface area (Å²) < 4.78 is 2.01. The predicted octanol–water partition coefficient (Wildman–Crippen LogP) is 4.74. The Hall–Kier alpha value is -2.73. The van der Waals surface area contributed by atoms with Gasteiger partial charge in [0.1, 0.15) is 0 Å². The molecule has 0 saturated heterocycles. The van der Waals surface area contributed by atoms with Crippen molar-refractivity contribution >= 4 is 33.0 Å². The Labute approximate surface area is 136 Å². The van der Waals surface area contributed by atoms with Gasteiger partial charge in [-0.25, -0.2) is 4.98 Å². The van der Waals surface area contributed by atoms with Crippen LogP contribution in [0, 0.1) is 24.0 Å². The number of benzene rings is 2. The molecular weight excluding hydrogens is 310 g/mol. The van der Waals surface area contributed by atoms with Crippen molar-refractivity contribution < 1.29 is 4.92 Å². The smallest absolute Gasteiger partial charge is 0.278 e. The lowest BCUT2D eigenvalue weighted by Crippen LogP contribution is -1.94. The van der Waals surface area contributed by atoms with Gasteiger partial charge in [0.25, 0.3) is 5.69 Å². The van der Waals surface area contributed by atoms with Gasteiger partial charge in [0.2, 0.25) is 0 Å². The van der Waals surface area contributed by atoms with Crippen LogP contribution in [-0.4, -0.2) is 14.3 Å². The van der Waals surface area contributed by atoms with Gasteiger partial charge in [-0.15, -0.1) is 11.3 Å². The Morgan fingerprint density at radius 2 is 1.91 bits per heavy atom. The van der Waals surface area contributed by atoms with E-state index in [1.54, 1.807) is 12.1 Å². The maximum atomic E-state index is 11.3. The van der Waals surface area contributed by atoms with E-state index < -0.39 is 0 Å². The molecule has 0 unspecified atom stereocenters. The molecule has 0 aliphatic carbocycles. The first-order chi connectivity index (χ1) is 11.1. The summed E-state index contributed by atoms with van der Waals surface area (Å²) in [6, 6.07) is 11.0. The minimum Gasteiger partial charge on any atom is -0.283 e. The number of hydrogen-bond acceptors (Lipinski definition) is 4. The molecule has 0 fully saturated rings. The summed E-state index contributed by atoms with van der Waals surface area (Å²) in [6.45, 7) is 4.12. The van der Waals surface area contributed by atoms with Crippen molar-refractivity contribution in [3.8, 4) is 11.3 Å². The molecule has 2 aromatic heterocycles. The molecule has 0 amide bonds. The van der Waals surface area contributed by atoms with Crippen molar-refractivity contribution in [2.45, 2.75) is 13.8 Å². The topological polar surface area (TPSA) is 60.4 Å². The second-order valence-electron chi connectivity index (χ2n) is 5.55. The molecule has 0 saturated carbocycles. The highest BCUT2D eigenvalue weighted by Crippen LogP contribution is 2.35. The predicted molar refractivity (Wildman–Crippen MR) is 92.1 cm³/mol. The molecule has 4 rings (SSSR count). The van der Waals surface area contributed by atoms with Gasteiger partial charge in [-0.3, -0.25) is 14.5 Å². The molecule has 0 aliphatic heterocycles. The number of nitrogens with zero attached hydrogens (tertiary/aromatic N) is 3. The van der Waals surface area contributed by atoms with E-state index in [0.29, 0.717) is 5.56 Å². The van der Waals surface area contributed by atoms with Gasteiger partial charge in [0.15, 0.2) is 4.96 Å². The van der Waals surface area contributed by atoms with E-state index in [1.165, 1.54) is 28.5 Å². The van der Waals surface area contributed by atoms with E-state index in [1.807, 2.05) is 15.8 Å². The van der Waals surface area contributed by atoms with Crippen molar-refractivity contribution in [2.24, 2.45) is 0 Å². The first-order valence-electron chi connectivity index (χ1n) is 7.17. The second kappa shape index (κ2) is 4.89. The number of fused-ring (bicyclic) bond motifs is 3. The summed E-state index contributed by atoms with van der Waals surface area (Å²) in [6.07, 6.45) is 0. The summed E-state index contributed by atoms with van der Waals surface area (Å²) in [5, 5.41) is 13.3. The van der Waals surface area contributed by atoms with Crippen molar-refractivity contribution in [1.29, 1.82) is 0 Å². The second-order valence-corrected chi connectivity index (χ2v) is 6.39. The summed E-state index contributed by atoms with van der Waals surface area (Å²) in [5.41, 5.74) is 5.80. The monoisotopic (exact) mass is 323 g/mol. The SMILES string of the molecule is Cc1cc2nc3scc(-c4ccccc4[N+](=O)[O-])n3c2cc1C. The molecule has 0 aliphatic rings. The van der Waals surface area contributed by atoms with E-state index in [0.717, 1.165) is 21.7 Å². The molecule has 0 N–H and O–H groups in total. The third kappa shape index (κ3) is 2.03. The van der Waals surface area contributed by atoms with Gasteiger partial charge >= 0.3 is 0 Å². The molecule has 0 spiro atoms. The maximum Gasteiger partial charge on any atom is 0.278 e. The minimum atomic E-state index is -0.340. The highest BCUT2D eigenvalue weighted by atomic mass is 32.1. The summed E-state index contributed by atoms with van der Waals surface area (Å²) in [5.74, 6) is 0. The Morgan fingerprint density at radius 1 is 1.17 bits per heavy atom. The lowest BCUT2D eigenvalue weighted by atomic mass is 10.1. The van der Waals surface area contributed by atoms with Crippen LogP contribution in [0.3, 0.4) is 0 Å². The summed E-state index contributed by atoms with van der Waals surface area (Å²) >= 11 is 1.50. The van der Waals surface area contributed by atoms with Gasteiger partial charge in [-0.1, -0.05) is 12.1 Å². The fourth-order valence-corrected chi connectivity index (χ4v) is 3.72. The van der Waals surface area contributed by atoms with Crippen molar-refractivity contribution in [2.75, 3.05) is 0 Å². The molecule has 2 heterocycles. The fraction of sp³-hybridized carbons (Fsp3) is 0.118. The number of aryl methyl sites for hydroxylation is 2. The van der Waals surface area contributed by atoms with Crippen LogP contribution < -0.4 is 0 Å². The molecule has 6 heteroatoms. The first-order valence-corrected chi connectivity index (χ1v) is 8.05. The van der Waals surface area contributed by atoms with E-state index in [9.17, 15) is 10.1 Å². The number of aromatic nitrogens is 2. The summed E-state index contributed by atoms with van der Waals surface area (Å²) in [7, 11) is 0. The average Bonchev–Trinajstić information content (AvgIpc) is 3.07. The Bertz CT molecular complexity index is 1080. The molecule has 0 bridgehead atoms. The third-order valence-electron chi connectivity index (χ3n) is 4.13. The molecule has 4 aromatic rings. The molecule has 23 heavy (non-hydrogen) atoms. The molecule has 2 aromatic carbocycles. The first kappa shape index (κ1) is 13.9. The number of imidazole rings is 1. The van der Waals surface area contributed by atoms with Crippen LogP contribution in [0.4, 0.5) is 5.69 Å². The molecule has 114 valence electrons. The highest BCUT2D eigenvalue weighted by molar-refractivity contribution is 7.15. The minimum absolute atomic E-state index is 0.109. The van der Waals surface area contributed by atoms with Gasteiger partial charge < -0.3 is 0 Å². The van der Waals surface area contributed by atoms with Crippen LogP contribution in [0.5, 0.6) is 0 Å². The van der Waals surface area contributed by atoms with Gasteiger partial charge in [0.05, 0.1) is 27.2 Å². The van der Waals surface area contributed by atoms with Crippen molar-refractivity contribution in [1.82, 2.24) is 9.38 Å². The Morgan fingerprint density at radius 3 is 2.70 bits per heavy atom. The number of hydrogen-bond donors (Lipinski definition) is 0. The van der Waals surface area contributed by atoms with E-state index >= 15 is 0 Å². The normalized spacial score (nSPS) is 11.4. The zero-order valence-corrected chi connectivity index (χ0v) is 13.4. The third-order valence-corrected chi connectivity index (χ3v) is 4.96. The zero-order valence-electron chi connectivity index (χ0n) is 12.6. The van der Waals surface area contributed by atoms with Gasteiger partial charge in [0, 0.05) is 11.4 Å². The van der Waals surface area contributed by atoms with E-state index in [4.69, 9.17) is 0 Å². The van der Waals surface area contributed by atoms with Gasteiger partial charge in [-0.05, 0) is 43.2 Å². The maximum absolute atomic E-state index is 11.3. The number of thiazole rings is 1. The van der Waals surface area contributed by atoms with Crippen molar-refractivity contribution in [3.63, 3.8) is 0 Å². The van der Waals surface area contributed by atoms with Crippen LogP contribution in [0.25, 0.3) is 27.3 Å². The highest BCUT2D eigenvalue weighted by Gasteiger charge is 2.20. The van der Waals surface area contributed by atoms with E-state index in [2.05, 4.69) is 31.0 Å². The summed E-state index contributed by atoms with van der Waals surface area (Å²) in [4.78, 5) is 16.5. The molecule has 0 atom stereocenters. The lowest BCUT2D eigenvalue weighted by Gasteiger charge is -2.04. The molecule has 5 nitrogen and oxygen atoms in total. The Kier molecular flexibility index (Phi) is 2.96. The number of nitro benzene ring substituents is 1. The lowest BCUT2D eigenvalue weighted by molar-refractivity contribution is -0.384. The van der Waals surface area contributed by atoms with Crippen molar-refractivity contribution in [3.05, 3.63) is 63.0 Å². The molecule has 0 radical (unpaired) electrons. The van der Waals surface area contributed by atoms with Gasteiger partial charge in [-0.2, -0.15) is 0 Å². The number of nitro groups is 1. The largest absolute Gasteiger partial charge is 0.283 e. The zero-order chi connectivity index (χ0) is 16.1. The Balaban J connectivity index is 2.09. The number of rotatable bonds is 2. The van der Waals surface area contributed by atoms with Crippen LogP contribution >= 0.6 is 11.3 Å². The quantitative estimate of drug-likeness (QED) is 0.395. The standard InChI is InChI=1S/C17H13N3O2S/c1-10-7-13-15(8-11(10)2)19-16(9-23-17(19)18-13)12-5-3-4-6-14(12)20(21)22/h3-9H,1-2H3. The fourth-order valence-electron chi connectivity index (χ4n) is 2.82. The molecular formula is C17H13N3O2S. The van der Waals surface area contributed by atoms with Crippen LogP contribution in [0.1, 0.15) is 11.1 Å². The van der Waals surface area contributed by atoms with Crippen LogP contribution in [0.15, 0.2) is 41.8 Å².